The zero-order valence-electron chi connectivity index (χ0n) is 7.49. The Labute approximate surface area is 86.2 Å². The van der Waals surface area contributed by atoms with Crippen LogP contribution in [-0.4, -0.2) is 16.8 Å². The molecule has 0 saturated heterocycles. The van der Waals surface area contributed by atoms with Crippen LogP contribution in [-0.2, 0) is 4.79 Å². The van der Waals surface area contributed by atoms with Crippen LogP contribution in [0.3, 0.4) is 0 Å². The lowest BCUT2D eigenvalue weighted by Gasteiger charge is -2.02. The van der Waals surface area contributed by atoms with Crippen molar-refractivity contribution in [3.8, 4) is 0 Å². The van der Waals surface area contributed by atoms with Crippen LogP contribution in [0.4, 0.5) is 5.69 Å². The van der Waals surface area contributed by atoms with Gasteiger partial charge >= 0.3 is 5.97 Å². The number of carboxylic acids is 1. The van der Waals surface area contributed by atoms with E-state index in [1.54, 1.807) is 24.3 Å². The summed E-state index contributed by atoms with van der Waals surface area (Å²) in [5.74, 6) is -1.07. The fourth-order valence-electron chi connectivity index (χ4n) is 0.744. The molecule has 4 nitrogen and oxygen atoms in total. The van der Waals surface area contributed by atoms with Gasteiger partial charge in [-0.2, -0.15) is 5.10 Å². The molecule has 0 aliphatic carbocycles. The molecule has 0 radical (unpaired) electrons. The summed E-state index contributed by atoms with van der Waals surface area (Å²) in [6, 6.07) is 6.96. The summed E-state index contributed by atoms with van der Waals surface area (Å²) in [5, 5.41) is 12.7. The van der Waals surface area contributed by atoms with Gasteiger partial charge in [-0.15, -0.1) is 0 Å². The van der Waals surface area contributed by atoms with Gasteiger partial charge in [-0.05, 0) is 19.1 Å². The van der Waals surface area contributed by atoms with Crippen molar-refractivity contribution in [1.82, 2.24) is 0 Å². The number of hydrazone groups is 1. The van der Waals surface area contributed by atoms with Crippen LogP contribution in [0.15, 0.2) is 29.4 Å². The minimum absolute atomic E-state index is 0.0232. The quantitative estimate of drug-likeness (QED) is 0.597. The number of anilines is 1. The Hall–Kier alpha value is -1.55. The molecule has 1 rings (SSSR count). The average Bonchev–Trinajstić information content (AvgIpc) is 2.16. The molecule has 5 heteroatoms. The van der Waals surface area contributed by atoms with Crippen LogP contribution in [0.25, 0.3) is 0 Å². The van der Waals surface area contributed by atoms with Crippen molar-refractivity contribution in [2.24, 2.45) is 5.10 Å². The number of rotatable bonds is 3. The number of hydrogen-bond acceptors (Lipinski definition) is 3. The summed E-state index contributed by atoms with van der Waals surface area (Å²) in [4.78, 5) is 10.4. The third-order valence-corrected chi connectivity index (χ3v) is 1.86. The lowest BCUT2D eigenvalue weighted by atomic mass is 10.3. The van der Waals surface area contributed by atoms with Gasteiger partial charge in [-0.25, -0.2) is 4.79 Å². The van der Waals surface area contributed by atoms with Crippen molar-refractivity contribution < 1.29 is 9.90 Å². The highest BCUT2D eigenvalue weighted by Crippen LogP contribution is 2.20. The maximum absolute atomic E-state index is 10.4. The van der Waals surface area contributed by atoms with Gasteiger partial charge in [0.05, 0.1) is 10.7 Å². The van der Waals surface area contributed by atoms with Crippen molar-refractivity contribution in [2.45, 2.75) is 6.92 Å². The van der Waals surface area contributed by atoms with Gasteiger partial charge in [-0.1, -0.05) is 23.7 Å². The van der Waals surface area contributed by atoms with Crippen molar-refractivity contribution >= 4 is 29.0 Å². The summed E-state index contributed by atoms with van der Waals surface area (Å²) in [5.41, 5.74) is 3.12. The number of carboxylic acid groups (broad SMARTS) is 1. The first kappa shape index (κ1) is 10.5. The van der Waals surface area contributed by atoms with Crippen molar-refractivity contribution in [1.29, 1.82) is 0 Å². The third-order valence-electron chi connectivity index (χ3n) is 1.53. The fraction of sp³-hybridized carbons (Fsp3) is 0.111. The number of carbonyl (C=O) groups is 1. The smallest absolute Gasteiger partial charge is 0.351 e. The number of hydrogen-bond donors (Lipinski definition) is 2. The van der Waals surface area contributed by atoms with E-state index in [2.05, 4.69) is 10.5 Å². The highest BCUT2D eigenvalue weighted by atomic mass is 35.5. The molecular formula is C9H9ClN2O2. The van der Waals surface area contributed by atoms with Crippen LogP contribution in [0.1, 0.15) is 6.92 Å². The zero-order chi connectivity index (χ0) is 10.6. The number of nitrogens with one attached hydrogen (secondary N) is 1. The number of para-hydroxylation sites is 1. The highest BCUT2D eigenvalue weighted by Gasteiger charge is 2.01. The van der Waals surface area contributed by atoms with Gasteiger partial charge < -0.3 is 5.11 Å². The predicted molar refractivity (Wildman–Crippen MR) is 55.8 cm³/mol. The Morgan fingerprint density at radius 1 is 1.50 bits per heavy atom. The Morgan fingerprint density at radius 2 is 2.14 bits per heavy atom. The number of nitrogens with zero attached hydrogens (tertiary/aromatic N) is 1. The van der Waals surface area contributed by atoms with Crippen LogP contribution < -0.4 is 5.43 Å². The molecule has 2 N–H and O–H groups in total. The number of benzene rings is 1. The van der Waals surface area contributed by atoms with E-state index in [1.807, 2.05) is 0 Å². The maximum atomic E-state index is 10.4. The zero-order valence-corrected chi connectivity index (χ0v) is 8.25. The monoisotopic (exact) mass is 212 g/mol. The molecule has 0 heterocycles. The maximum Gasteiger partial charge on any atom is 0.351 e. The van der Waals surface area contributed by atoms with Crippen molar-refractivity contribution in [3.05, 3.63) is 29.3 Å². The fourth-order valence-corrected chi connectivity index (χ4v) is 0.922. The second-order valence-corrected chi connectivity index (χ2v) is 3.00. The summed E-state index contributed by atoms with van der Waals surface area (Å²) in [6.07, 6.45) is 0. The van der Waals surface area contributed by atoms with Crippen LogP contribution in [0, 0.1) is 0 Å². The Balaban J connectivity index is 2.76. The molecule has 0 aliphatic rings. The lowest BCUT2D eigenvalue weighted by Crippen LogP contribution is -2.10. The van der Waals surface area contributed by atoms with E-state index in [0.29, 0.717) is 10.7 Å². The third kappa shape index (κ3) is 2.74. The predicted octanol–water partition coefficient (Wildman–Crippen LogP) is 2.21. The van der Waals surface area contributed by atoms with E-state index in [4.69, 9.17) is 16.7 Å². The topological polar surface area (TPSA) is 61.7 Å². The molecule has 0 unspecified atom stereocenters. The molecule has 14 heavy (non-hydrogen) atoms. The molecule has 1 aromatic rings. The average molecular weight is 213 g/mol. The summed E-state index contributed by atoms with van der Waals surface area (Å²) in [6.45, 7) is 1.40. The van der Waals surface area contributed by atoms with Gasteiger partial charge in [0.2, 0.25) is 0 Å². The van der Waals surface area contributed by atoms with E-state index in [9.17, 15) is 4.79 Å². The molecule has 0 atom stereocenters. The van der Waals surface area contributed by atoms with Crippen LogP contribution in [0.2, 0.25) is 5.02 Å². The first-order chi connectivity index (χ1) is 6.61. The second-order valence-electron chi connectivity index (χ2n) is 2.59. The van der Waals surface area contributed by atoms with Crippen LogP contribution in [0.5, 0.6) is 0 Å². The standard InChI is InChI=1S/C9H9ClN2O2/c1-6(9(13)14)11-12-8-5-3-2-4-7(8)10/h2-5,12H,1H3,(H,13,14)/b11-6-. The van der Waals surface area contributed by atoms with Gasteiger partial charge in [-0.3, -0.25) is 5.43 Å². The molecule has 0 spiro atoms. The van der Waals surface area contributed by atoms with E-state index in [-0.39, 0.29) is 5.71 Å². The Kier molecular flexibility index (Phi) is 3.48. The minimum atomic E-state index is -1.07. The first-order valence-corrected chi connectivity index (χ1v) is 4.27. The van der Waals surface area contributed by atoms with Crippen LogP contribution >= 0.6 is 11.6 Å². The van der Waals surface area contributed by atoms with E-state index in [0.717, 1.165) is 0 Å². The van der Waals surface area contributed by atoms with E-state index in [1.165, 1.54) is 6.92 Å². The highest BCUT2D eigenvalue weighted by molar-refractivity contribution is 6.35. The van der Waals surface area contributed by atoms with Crippen molar-refractivity contribution in [3.63, 3.8) is 0 Å². The Morgan fingerprint density at radius 3 is 2.71 bits per heavy atom. The molecule has 74 valence electrons. The summed E-state index contributed by atoms with van der Waals surface area (Å²) < 4.78 is 0. The lowest BCUT2D eigenvalue weighted by molar-refractivity contribution is -0.129. The molecule has 1 aromatic carbocycles. The summed E-state index contributed by atoms with van der Waals surface area (Å²) in [7, 11) is 0. The molecule has 0 aromatic heterocycles. The van der Waals surface area contributed by atoms with E-state index < -0.39 is 5.97 Å². The number of aliphatic carboxylic acids is 1. The van der Waals surface area contributed by atoms with Gasteiger partial charge in [0, 0.05) is 0 Å². The summed E-state index contributed by atoms with van der Waals surface area (Å²) >= 11 is 5.81. The second kappa shape index (κ2) is 4.62. The first-order valence-electron chi connectivity index (χ1n) is 3.89. The molecule has 0 aliphatic heterocycles. The van der Waals surface area contributed by atoms with Gasteiger partial charge in [0.25, 0.3) is 0 Å². The number of halogens is 1. The van der Waals surface area contributed by atoms with Crippen molar-refractivity contribution in [2.75, 3.05) is 5.43 Å². The SMILES string of the molecule is C/C(=N/Nc1ccccc1Cl)C(=O)O. The minimum Gasteiger partial charge on any atom is -0.477 e. The van der Waals surface area contributed by atoms with E-state index >= 15 is 0 Å². The molecule has 0 fully saturated rings. The van der Waals surface area contributed by atoms with Gasteiger partial charge in [0.15, 0.2) is 0 Å². The normalized spacial score (nSPS) is 11.1. The molecule has 0 bridgehead atoms. The molecular weight excluding hydrogens is 204 g/mol. The van der Waals surface area contributed by atoms with Gasteiger partial charge in [0.1, 0.15) is 5.71 Å². The Bertz CT molecular complexity index is 377. The largest absolute Gasteiger partial charge is 0.477 e. The molecule has 0 saturated carbocycles. The molecule has 0 amide bonds.